The van der Waals surface area contributed by atoms with E-state index in [-0.39, 0.29) is 17.8 Å². The van der Waals surface area contributed by atoms with Gasteiger partial charge in [0.25, 0.3) is 11.6 Å². The molecule has 0 saturated carbocycles. The largest absolute Gasteiger partial charge is 0.346 e. The zero-order chi connectivity index (χ0) is 17.9. The molecule has 2 rings (SSSR count). The first-order valence-electron chi connectivity index (χ1n) is 7.13. The number of hydrogen-bond acceptors (Lipinski definition) is 7. The van der Waals surface area contributed by atoms with Gasteiger partial charge in [-0.3, -0.25) is 14.9 Å². The van der Waals surface area contributed by atoms with Crippen LogP contribution in [0.5, 0.6) is 0 Å². The minimum atomic E-state index is -0.586. The van der Waals surface area contributed by atoms with Crippen molar-refractivity contribution in [1.29, 1.82) is 0 Å². The second kappa shape index (κ2) is 7.29. The minimum absolute atomic E-state index is 0.119. The Hall–Kier alpha value is -1.97. The molecule has 2 aromatic rings. The molecule has 0 aliphatic carbocycles. The van der Waals surface area contributed by atoms with Gasteiger partial charge in [0.15, 0.2) is 4.34 Å². The van der Waals surface area contributed by atoms with Crippen molar-refractivity contribution in [3.63, 3.8) is 0 Å². The second-order valence-electron chi connectivity index (χ2n) is 5.84. The van der Waals surface area contributed by atoms with Crippen molar-refractivity contribution in [1.82, 2.24) is 10.3 Å². The molecule has 0 aliphatic heterocycles. The van der Waals surface area contributed by atoms with Crippen LogP contribution < -0.4 is 11.1 Å². The molecule has 0 unspecified atom stereocenters. The van der Waals surface area contributed by atoms with Gasteiger partial charge in [0, 0.05) is 34.8 Å². The number of nitrogens with one attached hydrogen (secondary N) is 1. The lowest BCUT2D eigenvalue weighted by Crippen LogP contribution is -2.48. The lowest BCUT2D eigenvalue weighted by molar-refractivity contribution is -0.387. The van der Waals surface area contributed by atoms with E-state index in [1.165, 1.54) is 29.2 Å². The van der Waals surface area contributed by atoms with Gasteiger partial charge >= 0.3 is 0 Å². The molecule has 7 nitrogen and oxygen atoms in total. The molecule has 0 radical (unpaired) electrons. The van der Waals surface area contributed by atoms with Gasteiger partial charge in [-0.2, -0.15) is 0 Å². The van der Waals surface area contributed by atoms with Crippen LogP contribution in [0.25, 0.3) is 0 Å². The number of carbonyl (C=O) groups is 1. The third kappa shape index (κ3) is 4.53. The van der Waals surface area contributed by atoms with Gasteiger partial charge in [-0.15, -0.1) is 11.3 Å². The summed E-state index contributed by atoms with van der Waals surface area (Å²) < 4.78 is 0.720. The molecule has 0 bridgehead atoms. The molecule has 3 N–H and O–H groups in total. The molecule has 1 aromatic carbocycles. The Balaban J connectivity index is 2.29. The summed E-state index contributed by atoms with van der Waals surface area (Å²) in [5.74, 6) is -0.393. The lowest BCUT2D eigenvalue weighted by atomic mass is 10.1. The third-order valence-electron chi connectivity index (χ3n) is 3.18. The topological polar surface area (TPSA) is 111 Å². The van der Waals surface area contributed by atoms with Crippen LogP contribution in [0.3, 0.4) is 0 Å². The number of aromatic nitrogens is 1. The van der Waals surface area contributed by atoms with E-state index in [2.05, 4.69) is 10.3 Å². The summed E-state index contributed by atoms with van der Waals surface area (Å²) in [7, 11) is 0. The number of amides is 1. The zero-order valence-corrected chi connectivity index (χ0v) is 15.2. The van der Waals surface area contributed by atoms with Crippen LogP contribution >= 0.6 is 23.1 Å². The van der Waals surface area contributed by atoms with Crippen LogP contribution in [0.4, 0.5) is 5.69 Å². The molecular formula is C15H18N4O3S2. The molecule has 0 spiro atoms. The predicted octanol–water partition coefficient (Wildman–Crippen LogP) is 2.98. The molecule has 1 aromatic heterocycles. The van der Waals surface area contributed by atoms with Crippen molar-refractivity contribution in [2.75, 3.05) is 6.54 Å². The van der Waals surface area contributed by atoms with Gasteiger partial charge in [0.2, 0.25) is 0 Å². The lowest BCUT2D eigenvalue weighted by Gasteiger charge is -2.24. The van der Waals surface area contributed by atoms with Gasteiger partial charge < -0.3 is 11.1 Å². The van der Waals surface area contributed by atoms with Crippen LogP contribution in [0.2, 0.25) is 0 Å². The Labute approximate surface area is 147 Å². The van der Waals surface area contributed by atoms with E-state index < -0.39 is 16.4 Å². The molecule has 0 aliphatic rings. The van der Waals surface area contributed by atoms with E-state index in [9.17, 15) is 14.9 Å². The number of nitrogens with zero attached hydrogens (tertiary/aromatic N) is 2. The van der Waals surface area contributed by atoms with Gasteiger partial charge in [0.05, 0.1) is 9.82 Å². The summed E-state index contributed by atoms with van der Waals surface area (Å²) in [4.78, 5) is 27.9. The van der Waals surface area contributed by atoms with Crippen molar-refractivity contribution in [3.8, 4) is 0 Å². The Morgan fingerprint density at radius 2 is 2.21 bits per heavy atom. The number of carbonyl (C=O) groups excluding carboxylic acids is 1. The molecular weight excluding hydrogens is 348 g/mol. The molecule has 9 heteroatoms. The maximum absolute atomic E-state index is 12.3. The van der Waals surface area contributed by atoms with Gasteiger partial charge in [-0.25, -0.2) is 4.98 Å². The molecule has 0 atom stereocenters. The van der Waals surface area contributed by atoms with Gasteiger partial charge in [-0.05, 0) is 32.9 Å². The van der Waals surface area contributed by atoms with E-state index in [1.54, 1.807) is 26.0 Å². The number of nitrogens with two attached hydrogens (primary N) is 1. The summed E-state index contributed by atoms with van der Waals surface area (Å²) in [6.07, 6.45) is 0. The fourth-order valence-corrected chi connectivity index (χ4v) is 3.67. The minimum Gasteiger partial charge on any atom is -0.346 e. The Morgan fingerprint density at radius 3 is 2.75 bits per heavy atom. The number of nitro groups is 1. The number of hydrogen-bond donors (Lipinski definition) is 2. The first-order valence-corrected chi connectivity index (χ1v) is 8.82. The fourth-order valence-electron chi connectivity index (χ4n) is 1.79. The molecule has 1 heterocycles. The summed E-state index contributed by atoms with van der Waals surface area (Å²) in [6.45, 7) is 5.70. The first-order chi connectivity index (χ1) is 11.2. The average molecular weight is 366 g/mol. The van der Waals surface area contributed by atoms with Crippen LogP contribution in [-0.2, 0) is 0 Å². The zero-order valence-electron chi connectivity index (χ0n) is 13.5. The van der Waals surface area contributed by atoms with Crippen molar-refractivity contribution in [2.24, 2.45) is 5.73 Å². The normalized spacial score (nSPS) is 11.3. The van der Waals surface area contributed by atoms with Crippen LogP contribution in [0.1, 0.15) is 29.9 Å². The number of benzene rings is 1. The van der Waals surface area contributed by atoms with E-state index in [0.29, 0.717) is 4.90 Å². The van der Waals surface area contributed by atoms with Crippen molar-refractivity contribution >= 4 is 34.7 Å². The number of thiazole rings is 1. The Kier molecular flexibility index (Phi) is 5.58. The molecule has 0 saturated heterocycles. The highest BCUT2D eigenvalue weighted by atomic mass is 32.2. The van der Waals surface area contributed by atoms with Gasteiger partial charge in [0.1, 0.15) is 0 Å². The second-order valence-corrected chi connectivity index (χ2v) is 7.99. The van der Waals surface area contributed by atoms with Crippen molar-refractivity contribution in [2.45, 2.75) is 35.5 Å². The number of nitro benzene ring substituents is 1. The molecule has 1 amide bonds. The first kappa shape index (κ1) is 18.4. The van der Waals surface area contributed by atoms with Crippen LogP contribution in [0, 0.1) is 17.0 Å². The fraction of sp³-hybridized carbons (Fsp3) is 0.333. The van der Waals surface area contributed by atoms with E-state index in [1.807, 2.05) is 12.3 Å². The highest BCUT2D eigenvalue weighted by molar-refractivity contribution is 8.01. The summed E-state index contributed by atoms with van der Waals surface area (Å²) in [5, 5.41) is 16.0. The highest BCUT2D eigenvalue weighted by Gasteiger charge is 2.23. The van der Waals surface area contributed by atoms with Crippen molar-refractivity contribution in [3.05, 3.63) is 45.0 Å². The van der Waals surface area contributed by atoms with Crippen molar-refractivity contribution < 1.29 is 9.72 Å². The maximum Gasteiger partial charge on any atom is 0.284 e. The van der Waals surface area contributed by atoms with E-state index >= 15 is 0 Å². The monoisotopic (exact) mass is 366 g/mol. The Morgan fingerprint density at radius 1 is 1.50 bits per heavy atom. The molecule has 24 heavy (non-hydrogen) atoms. The molecule has 128 valence electrons. The SMILES string of the molecule is Cc1csc(Sc2ccc(C(=O)NC(C)(C)CN)cc2[N+](=O)[O-])n1. The van der Waals surface area contributed by atoms with E-state index in [0.717, 1.165) is 10.0 Å². The molecule has 0 fully saturated rings. The summed E-state index contributed by atoms with van der Waals surface area (Å²) >= 11 is 2.64. The number of aryl methyl sites for hydroxylation is 1. The highest BCUT2D eigenvalue weighted by Crippen LogP contribution is 2.36. The quantitative estimate of drug-likeness (QED) is 0.600. The third-order valence-corrected chi connectivity index (χ3v) is 5.30. The maximum atomic E-state index is 12.3. The average Bonchev–Trinajstić information content (AvgIpc) is 2.92. The van der Waals surface area contributed by atoms with Gasteiger partial charge in [-0.1, -0.05) is 11.8 Å². The standard InChI is InChI=1S/C15H18N4O3S2/c1-9-7-23-14(17-9)24-12-5-4-10(6-11(12)19(21)22)13(20)18-15(2,3)8-16/h4-7H,8,16H2,1-3H3,(H,18,20). The summed E-state index contributed by atoms with van der Waals surface area (Å²) in [5.41, 5.74) is 5.98. The van der Waals surface area contributed by atoms with Crippen LogP contribution in [0.15, 0.2) is 32.8 Å². The van der Waals surface area contributed by atoms with Crippen LogP contribution in [-0.4, -0.2) is 27.9 Å². The van der Waals surface area contributed by atoms with E-state index in [4.69, 9.17) is 5.73 Å². The number of rotatable bonds is 6. The Bertz CT molecular complexity index is 774. The smallest absolute Gasteiger partial charge is 0.284 e. The summed E-state index contributed by atoms with van der Waals surface area (Å²) in [6, 6.07) is 4.42. The predicted molar refractivity (Wildman–Crippen MR) is 94.7 cm³/mol.